The van der Waals surface area contributed by atoms with E-state index in [-0.39, 0.29) is 18.3 Å². The Hall–Kier alpha value is -1.06. The molecule has 0 bridgehead atoms. The van der Waals surface area contributed by atoms with Crippen molar-refractivity contribution in [3.8, 4) is 0 Å². The maximum absolute atomic E-state index is 12.3. The summed E-state index contributed by atoms with van der Waals surface area (Å²) in [5.74, 6) is 0.173. The number of nitrogens with zero attached hydrogens (tertiary/aromatic N) is 1. The van der Waals surface area contributed by atoms with Crippen molar-refractivity contribution in [2.75, 3.05) is 27.2 Å². The minimum absolute atomic E-state index is 0. The van der Waals surface area contributed by atoms with Gasteiger partial charge in [0.2, 0.25) is 0 Å². The molecule has 0 radical (unpaired) electrons. The lowest BCUT2D eigenvalue weighted by molar-refractivity contribution is -0.895. The van der Waals surface area contributed by atoms with Crippen LogP contribution in [-0.4, -0.2) is 37.6 Å². The number of rotatable bonds is 21. The van der Waals surface area contributed by atoms with Crippen LogP contribution in [0.4, 0.5) is 0 Å². The van der Waals surface area contributed by atoms with Gasteiger partial charge in [0.1, 0.15) is 6.54 Å². The van der Waals surface area contributed by atoms with E-state index < -0.39 is 0 Å². The van der Waals surface area contributed by atoms with Gasteiger partial charge in [-0.25, -0.2) is 0 Å². The number of halogens is 1. The van der Waals surface area contributed by atoms with E-state index in [9.17, 15) is 4.79 Å². The maximum atomic E-state index is 12.3. The van der Waals surface area contributed by atoms with E-state index in [0.29, 0.717) is 11.0 Å². The topological polar surface area (TPSA) is 29.1 Å². The molecule has 33 heavy (non-hydrogen) atoms. The fourth-order valence-corrected chi connectivity index (χ4v) is 4.48. The van der Waals surface area contributed by atoms with Gasteiger partial charge in [0, 0.05) is 12.1 Å². The predicted molar refractivity (Wildman–Crippen MR) is 140 cm³/mol. The number of hydrogen-bond acceptors (Lipinski definition) is 1. The highest BCUT2D eigenvalue weighted by Gasteiger charge is 2.20. The van der Waals surface area contributed by atoms with Crippen LogP contribution >= 0.6 is 0 Å². The van der Waals surface area contributed by atoms with Crippen molar-refractivity contribution in [2.45, 2.75) is 116 Å². The molecule has 0 heterocycles. The average molecular weight is 481 g/mol. The summed E-state index contributed by atoms with van der Waals surface area (Å²) in [7, 11) is 4.25. The SMILES string of the molecule is CCCCCCCCCCCCCCCCCCNC(=O)C[N+](C)(C)Cc1ccccc1.[Cl-]. The second kappa shape index (κ2) is 21.5. The van der Waals surface area contributed by atoms with Gasteiger partial charge in [-0.1, -0.05) is 134 Å². The minimum atomic E-state index is 0. The van der Waals surface area contributed by atoms with Gasteiger partial charge < -0.3 is 22.2 Å². The Bertz CT molecular complexity index is 562. The number of benzene rings is 1. The highest BCUT2D eigenvalue weighted by Crippen LogP contribution is 2.13. The van der Waals surface area contributed by atoms with Gasteiger partial charge in [0.25, 0.3) is 5.91 Å². The highest BCUT2D eigenvalue weighted by molar-refractivity contribution is 5.77. The Morgan fingerprint density at radius 1 is 0.697 bits per heavy atom. The molecule has 0 unspecified atom stereocenters. The van der Waals surface area contributed by atoms with Crippen LogP contribution in [0.25, 0.3) is 0 Å². The molecule has 0 atom stereocenters. The summed E-state index contributed by atoms with van der Waals surface area (Å²) in [6.07, 6.45) is 22.1. The first-order valence-electron chi connectivity index (χ1n) is 13.7. The van der Waals surface area contributed by atoms with Gasteiger partial charge in [0.15, 0.2) is 6.54 Å². The van der Waals surface area contributed by atoms with E-state index in [1.807, 2.05) is 6.07 Å². The molecule has 1 aromatic rings. The number of carbonyl (C=O) groups excluding carboxylic acids is 1. The molecule has 1 rings (SSSR count). The van der Waals surface area contributed by atoms with Crippen LogP contribution in [0, 0.1) is 0 Å². The Morgan fingerprint density at radius 2 is 1.12 bits per heavy atom. The van der Waals surface area contributed by atoms with Crippen LogP contribution in [0.2, 0.25) is 0 Å². The maximum Gasteiger partial charge on any atom is 0.275 e. The molecule has 0 saturated carbocycles. The summed E-state index contributed by atoms with van der Waals surface area (Å²) in [5.41, 5.74) is 1.28. The fraction of sp³-hybridized carbons (Fsp3) is 0.759. The summed E-state index contributed by atoms with van der Waals surface area (Å²) in [4.78, 5) is 12.3. The summed E-state index contributed by atoms with van der Waals surface area (Å²) >= 11 is 0. The van der Waals surface area contributed by atoms with Crippen LogP contribution < -0.4 is 17.7 Å². The van der Waals surface area contributed by atoms with Crippen LogP contribution in [-0.2, 0) is 11.3 Å². The van der Waals surface area contributed by atoms with Crippen molar-refractivity contribution < 1.29 is 21.7 Å². The smallest absolute Gasteiger partial charge is 0.275 e. The Labute approximate surface area is 212 Å². The van der Waals surface area contributed by atoms with Crippen molar-refractivity contribution >= 4 is 5.91 Å². The molecule has 1 amide bonds. The minimum Gasteiger partial charge on any atom is -1.00 e. The number of amides is 1. The zero-order chi connectivity index (χ0) is 23.3. The van der Waals surface area contributed by atoms with Gasteiger partial charge in [-0.05, 0) is 6.42 Å². The van der Waals surface area contributed by atoms with Gasteiger partial charge >= 0.3 is 0 Å². The molecule has 0 saturated heterocycles. The molecular formula is C29H53ClN2O. The van der Waals surface area contributed by atoms with Crippen LogP contribution in [0.3, 0.4) is 0 Å². The van der Waals surface area contributed by atoms with E-state index in [0.717, 1.165) is 19.5 Å². The van der Waals surface area contributed by atoms with E-state index in [4.69, 9.17) is 0 Å². The highest BCUT2D eigenvalue weighted by atomic mass is 35.5. The Morgan fingerprint density at radius 3 is 1.58 bits per heavy atom. The largest absolute Gasteiger partial charge is 1.00 e. The lowest BCUT2D eigenvalue weighted by Gasteiger charge is -2.29. The molecule has 0 aliphatic carbocycles. The molecule has 0 aliphatic rings. The van der Waals surface area contributed by atoms with Crippen molar-refractivity contribution in [1.29, 1.82) is 0 Å². The summed E-state index contributed by atoms with van der Waals surface area (Å²) in [6, 6.07) is 10.4. The van der Waals surface area contributed by atoms with Crippen molar-refractivity contribution in [2.24, 2.45) is 0 Å². The number of likely N-dealkylation sites (N-methyl/N-ethyl adjacent to an activating group) is 1. The first kappa shape index (κ1) is 31.9. The fourth-order valence-electron chi connectivity index (χ4n) is 4.48. The number of hydrogen-bond donors (Lipinski definition) is 1. The number of carbonyl (C=O) groups is 1. The monoisotopic (exact) mass is 480 g/mol. The predicted octanol–water partition coefficient (Wildman–Crippen LogP) is 4.64. The number of quaternary nitrogens is 1. The Balaban J connectivity index is 0.0000102. The molecule has 1 aromatic carbocycles. The molecule has 4 heteroatoms. The van der Waals surface area contributed by atoms with Crippen molar-refractivity contribution in [3.63, 3.8) is 0 Å². The second-order valence-electron chi connectivity index (χ2n) is 10.4. The third-order valence-electron chi connectivity index (χ3n) is 6.38. The molecule has 0 aliphatic heterocycles. The lowest BCUT2D eigenvalue weighted by Crippen LogP contribution is -3.00. The number of nitrogens with one attached hydrogen (secondary N) is 1. The van der Waals surface area contributed by atoms with Crippen LogP contribution in [0.15, 0.2) is 30.3 Å². The summed E-state index contributed by atoms with van der Waals surface area (Å²) in [6.45, 7) is 4.53. The summed E-state index contributed by atoms with van der Waals surface area (Å²) in [5, 5.41) is 3.12. The molecule has 0 spiro atoms. The first-order valence-corrected chi connectivity index (χ1v) is 13.7. The van der Waals surface area contributed by atoms with Gasteiger partial charge in [0.05, 0.1) is 14.1 Å². The molecule has 3 nitrogen and oxygen atoms in total. The standard InChI is InChI=1S/C29H52N2O.ClH/c1-4-5-6-7-8-9-10-11-12-13-14-15-16-17-18-22-25-30-29(32)27-31(2,3)26-28-23-20-19-21-24-28;/h19-21,23-24H,4-18,22,25-27H2,1-3H3;1H. The molecular weight excluding hydrogens is 428 g/mol. The van der Waals surface area contributed by atoms with E-state index in [1.165, 1.54) is 102 Å². The van der Waals surface area contributed by atoms with E-state index in [1.54, 1.807) is 0 Å². The average Bonchev–Trinajstić information content (AvgIpc) is 2.76. The second-order valence-corrected chi connectivity index (χ2v) is 10.4. The third kappa shape index (κ3) is 20.1. The molecule has 0 aromatic heterocycles. The van der Waals surface area contributed by atoms with E-state index in [2.05, 4.69) is 50.6 Å². The van der Waals surface area contributed by atoms with E-state index >= 15 is 0 Å². The zero-order valence-electron chi connectivity index (χ0n) is 22.1. The molecule has 0 fully saturated rings. The molecule has 1 N–H and O–H groups in total. The van der Waals surface area contributed by atoms with Crippen LogP contribution in [0.1, 0.15) is 115 Å². The van der Waals surface area contributed by atoms with Crippen molar-refractivity contribution in [1.82, 2.24) is 5.32 Å². The van der Waals surface area contributed by atoms with Gasteiger partial charge in [-0.15, -0.1) is 0 Å². The third-order valence-corrected chi connectivity index (χ3v) is 6.38. The van der Waals surface area contributed by atoms with Gasteiger partial charge in [-0.3, -0.25) is 4.79 Å². The number of unbranched alkanes of at least 4 members (excludes halogenated alkanes) is 15. The summed E-state index contributed by atoms with van der Waals surface area (Å²) < 4.78 is 0.689. The zero-order valence-corrected chi connectivity index (χ0v) is 22.8. The molecule has 192 valence electrons. The lowest BCUT2D eigenvalue weighted by atomic mass is 10.0. The van der Waals surface area contributed by atoms with Gasteiger partial charge in [-0.2, -0.15) is 0 Å². The normalized spacial score (nSPS) is 11.2. The quantitative estimate of drug-likeness (QED) is 0.201. The Kier molecular flexibility index (Phi) is 20.8. The van der Waals surface area contributed by atoms with Crippen LogP contribution in [0.5, 0.6) is 0 Å². The van der Waals surface area contributed by atoms with Crippen molar-refractivity contribution in [3.05, 3.63) is 35.9 Å². The first-order chi connectivity index (χ1) is 15.5.